The van der Waals surface area contributed by atoms with Crippen LogP contribution >= 0.6 is 12.2 Å². The van der Waals surface area contributed by atoms with Crippen molar-refractivity contribution in [1.82, 2.24) is 4.90 Å². The Hall–Kier alpha value is -0.150. The van der Waals surface area contributed by atoms with Crippen molar-refractivity contribution >= 4 is 17.2 Å². The second kappa shape index (κ2) is 5.01. The van der Waals surface area contributed by atoms with Crippen molar-refractivity contribution in [1.29, 1.82) is 0 Å². The number of nitrogens with two attached hydrogens (primary N) is 1. The Morgan fingerprint density at radius 2 is 1.81 bits per heavy atom. The normalized spacial score (nSPS) is 22.0. The zero-order valence-corrected chi connectivity index (χ0v) is 12.0. The Balaban J connectivity index is 2.33. The van der Waals surface area contributed by atoms with Crippen molar-refractivity contribution in [3.63, 3.8) is 0 Å². The van der Waals surface area contributed by atoms with E-state index in [1.165, 1.54) is 25.9 Å². The molecule has 3 heteroatoms. The third-order valence-electron chi connectivity index (χ3n) is 3.93. The van der Waals surface area contributed by atoms with Gasteiger partial charge in [0.05, 0.1) is 4.99 Å². The number of piperidine rings is 1. The molecule has 0 amide bonds. The summed E-state index contributed by atoms with van der Waals surface area (Å²) in [5, 5.41) is 0. The Morgan fingerprint density at radius 1 is 1.31 bits per heavy atom. The van der Waals surface area contributed by atoms with E-state index in [2.05, 4.69) is 32.6 Å². The number of likely N-dealkylation sites (tertiary alicyclic amines) is 1. The van der Waals surface area contributed by atoms with Crippen molar-refractivity contribution in [2.45, 2.75) is 47.0 Å². The van der Waals surface area contributed by atoms with Gasteiger partial charge in [-0.1, -0.05) is 39.9 Å². The molecule has 0 aromatic heterocycles. The van der Waals surface area contributed by atoms with Crippen LogP contribution in [-0.4, -0.2) is 29.5 Å². The molecule has 1 rings (SSSR count). The largest absolute Gasteiger partial charge is 0.393 e. The summed E-state index contributed by atoms with van der Waals surface area (Å²) >= 11 is 5.09. The second-order valence-corrected chi connectivity index (χ2v) is 6.94. The predicted octanol–water partition coefficient (Wildman–Crippen LogP) is 2.81. The van der Waals surface area contributed by atoms with Crippen LogP contribution in [0.15, 0.2) is 0 Å². The van der Waals surface area contributed by atoms with Crippen LogP contribution in [0.25, 0.3) is 0 Å². The molecular weight excluding hydrogens is 216 g/mol. The summed E-state index contributed by atoms with van der Waals surface area (Å²) < 4.78 is 0. The SMILES string of the molecule is CC1(C)CCN(CCC(C)(C)C(N)=S)CC1. The minimum absolute atomic E-state index is 0.00228. The van der Waals surface area contributed by atoms with E-state index in [0.717, 1.165) is 13.0 Å². The number of hydrogen-bond donors (Lipinski definition) is 1. The quantitative estimate of drug-likeness (QED) is 0.769. The molecule has 1 aliphatic heterocycles. The maximum Gasteiger partial charge on any atom is 0.0784 e. The van der Waals surface area contributed by atoms with Crippen LogP contribution in [0.3, 0.4) is 0 Å². The van der Waals surface area contributed by atoms with Gasteiger partial charge in [0.1, 0.15) is 0 Å². The smallest absolute Gasteiger partial charge is 0.0784 e. The number of nitrogens with zero attached hydrogens (tertiary/aromatic N) is 1. The number of thiocarbonyl (C=S) groups is 1. The Kier molecular flexibility index (Phi) is 4.35. The van der Waals surface area contributed by atoms with E-state index in [1.54, 1.807) is 0 Å². The van der Waals surface area contributed by atoms with Gasteiger partial charge < -0.3 is 10.6 Å². The average Bonchev–Trinajstić information content (AvgIpc) is 2.16. The first-order chi connectivity index (χ1) is 7.23. The summed E-state index contributed by atoms with van der Waals surface area (Å²) in [4.78, 5) is 3.19. The highest BCUT2D eigenvalue weighted by Gasteiger charge is 2.27. The van der Waals surface area contributed by atoms with E-state index in [4.69, 9.17) is 18.0 Å². The summed E-state index contributed by atoms with van der Waals surface area (Å²) in [6.45, 7) is 12.6. The molecule has 2 nitrogen and oxygen atoms in total. The van der Waals surface area contributed by atoms with Gasteiger partial charge in [0.25, 0.3) is 0 Å². The van der Waals surface area contributed by atoms with E-state index < -0.39 is 0 Å². The van der Waals surface area contributed by atoms with Crippen molar-refractivity contribution in [2.24, 2.45) is 16.6 Å². The molecule has 0 radical (unpaired) electrons. The second-order valence-electron chi connectivity index (χ2n) is 6.50. The summed E-state index contributed by atoms with van der Waals surface area (Å²) in [6, 6.07) is 0. The van der Waals surface area contributed by atoms with E-state index >= 15 is 0 Å². The minimum Gasteiger partial charge on any atom is -0.393 e. The molecule has 0 spiro atoms. The van der Waals surface area contributed by atoms with Crippen LogP contribution < -0.4 is 5.73 Å². The molecule has 0 unspecified atom stereocenters. The van der Waals surface area contributed by atoms with Gasteiger partial charge in [0.15, 0.2) is 0 Å². The molecule has 94 valence electrons. The molecule has 1 fully saturated rings. The Labute approximate surface area is 106 Å². The van der Waals surface area contributed by atoms with Crippen LogP contribution in [0.1, 0.15) is 47.0 Å². The maximum absolute atomic E-state index is 5.74. The molecule has 0 saturated carbocycles. The summed E-state index contributed by atoms with van der Waals surface area (Å²) in [5.41, 5.74) is 6.28. The number of hydrogen-bond acceptors (Lipinski definition) is 2. The van der Waals surface area contributed by atoms with Gasteiger partial charge in [-0.25, -0.2) is 0 Å². The first kappa shape index (κ1) is 13.9. The zero-order valence-electron chi connectivity index (χ0n) is 11.2. The van der Waals surface area contributed by atoms with Crippen molar-refractivity contribution in [2.75, 3.05) is 19.6 Å². The minimum atomic E-state index is 0.00228. The summed E-state index contributed by atoms with van der Waals surface area (Å²) in [7, 11) is 0. The van der Waals surface area contributed by atoms with Gasteiger partial charge in [-0.3, -0.25) is 0 Å². The first-order valence-corrected chi connectivity index (χ1v) is 6.66. The third-order valence-corrected chi connectivity index (χ3v) is 4.48. The van der Waals surface area contributed by atoms with Gasteiger partial charge in [0, 0.05) is 5.41 Å². The fraction of sp³-hybridized carbons (Fsp3) is 0.923. The van der Waals surface area contributed by atoms with Crippen LogP contribution in [-0.2, 0) is 0 Å². The van der Waals surface area contributed by atoms with E-state index in [9.17, 15) is 0 Å². The molecule has 0 aromatic rings. The summed E-state index contributed by atoms with van der Waals surface area (Å²) in [5.74, 6) is 0. The lowest BCUT2D eigenvalue weighted by Crippen LogP contribution is -2.40. The van der Waals surface area contributed by atoms with E-state index in [-0.39, 0.29) is 5.41 Å². The van der Waals surface area contributed by atoms with Gasteiger partial charge in [0.2, 0.25) is 0 Å². The fourth-order valence-electron chi connectivity index (χ4n) is 1.94. The predicted molar refractivity (Wildman–Crippen MR) is 74.6 cm³/mol. The highest BCUT2D eigenvalue weighted by molar-refractivity contribution is 7.80. The molecule has 0 aliphatic carbocycles. The molecule has 0 aromatic carbocycles. The lowest BCUT2D eigenvalue weighted by molar-refractivity contribution is 0.125. The Morgan fingerprint density at radius 3 is 2.25 bits per heavy atom. The van der Waals surface area contributed by atoms with Crippen LogP contribution in [0.4, 0.5) is 0 Å². The average molecular weight is 242 g/mol. The van der Waals surface area contributed by atoms with E-state index in [1.807, 2.05) is 0 Å². The van der Waals surface area contributed by atoms with Crippen molar-refractivity contribution in [3.8, 4) is 0 Å². The highest BCUT2D eigenvalue weighted by Crippen LogP contribution is 2.30. The molecule has 16 heavy (non-hydrogen) atoms. The molecule has 1 saturated heterocycles. The topological polar surface area (TPSA) is 29.3 Å². The lowest BCUT2D eigenvalue weighted by Gasteiger charge is -2.38. The third kappa shape index (κ3) is 4.02. The maximum atomic E-state index is 5.74. The number of rotatable bonds is 4. The van der Waals surface area contributed by atoms with Crippen molar-refractivity contribution in [3.05, 3.63) is 0 Å². The molecule has 0 bridgehead atoms. The molecule has 1 aliphatic rings. The van der Waals surface area contributed by atoms with Crippen LogP contribution in [0.5, 0.6) is 0 Å². The van der Waals surface area contributed by atoms with Crippen molar-refractivity contribution < 1.29 is 0 Å². The van der Waals surface area contributed by atoms with E-state index in [0.29, 0.717) is 10.4 Å². The van der Waals surface area contributed by atoms with Crippen LogP contribution in [0, 0.1) is 10.8 Å². The molecular formula is C13H26N2S. The highest BCUT2D eigenvalue weighted by atomic mass is 32.1. The van der Waals surface area contributed by atoms with Gasteiger partial charge in [-0.05, 0) is 44.3 Å². The first-order valence-electron chi connectivity index (χ1n) is 6.25. The molecule has 1 heterocycles. The van der Waals surface area contributed by atoms with Gasteiger partial charge in [-0.15, -0.1) is 0 Å². The summed E-state index contributed by atoms with van der Waals surface area (Å²) in [6.07, 6.45) is 3.68. The Bertz CT molecular complexity index is 249. The molecule has 0 atom stereocenters. The lowest BCUT2D eigenvalue weighted by atomic mass is 9.82. The van der Waals surface area contributed by atoms with Gasteiger partial charge >= 0.3 is 0 Å². The molecule has 2 N–H and O–H groups in total. The van der Waals surface area contributed by atoms with Crippen LogP contribution in [0.2, 0.25) is 0 Å². The monoisotopic (exact) mass is 242 g/mol. The fourth-order valence-corrected chi connectivity index (χ4v) is 2.04. The van der Waals surface area contributed by atoms with Gasteiger partial charge in [-0.2, -0.15) is 0 Å². The zero-order chi connectivity index (χ0) is 12.4. The standard InChI is InChI=1S/C13H26N2S/c1-12(2)5-8-15(9-6-12)10-7-13(3,4)11(14)16/h5-10H2,1-4H3,(H2,14,16).